The highest BCUT2D eigenvalue weighted by Gasteiger charge is 2.19. The number of amides is 2. The Morgan fingerprint density at radius 3 is 3.00 bits per heavy atom. The van der Waals surface area contributed by atoms with E-state index in [0.717, 1.165) is 27.9 Å². The summed E-state index contributed by atoms with van der Waals surface area (Å²) >= 11 is 1.47. The Morgan fingerprint density at radius 2 is 2.17 bits per heavy atom. The minimum Gasteiger partial charge on any atom is -0.326 e. The van der Waals surface area contributed by atoms with Gasteiger partial charge in [-0.15, -0.1) is 0 Å². The van der Waals surface area contributed by atoms with Crippen molar-refractivity contribution in [1.82, 2.24) is 4.98 Å². The maximum atomic E-state index is 12.4. The Morgan fingerprint density at radius 1 is 1.29 bits per heavy atom. The lowest BCUT2D eigenvalue weighted by atomic mass is 10.1. The Labute approximate surface area is 142 Å². The highest BCUT2D eigenvalue weighted by Crippen LogP contribution is 2.28. The molecule has 0 aliphatic carbocycles. The number of anilines is 2. The maximum absolute atomic E-state index is 12.4. The average Bonchev–Trinajstić information content (AvgIpc) is 3.14. The maximum Gasteiger partial charge on any atom is 0.257 e. The quantitative estimate of drug-likeness (QED) is 0.767. The predicted octanol–water partition coefficient (Wildman–Crippen LogP) is 3.61. The molecule has 2 amide bonds. The first kappa shape index (κ1) is 14.8. The number of thiazole rings is 1. The van der Waals surface area contributed by atoms with Gasteiger partial charge in [0, 0.05) is 11.3 Å². The van der Waals surface area contributed by atoms with Gasteiger partial charge in [-0.2, -0.15) is 0 Å². The number of hydrogen-bond acceptors (Lipinski definition) is 4. The molecule has 0 atom stereocenters. The molecule has 6 heteroatoms. The highest BCUT2D eigenvalue weighted by molar-refractivity contribution is 7.22. The van der Waals surface area contributed by atoms with E-state index in [-0.39, 0.29) is 11.8 Å². The second-order valence-electron chi connectivity index (χ2n) is 5.73. The molecule has 0 radical (unpaired) electrons. The van der Waals surface area contributed by atoms with E-state index in [1.807, 2.05) is 6.07 Å². The van der Waals surface area contributed by atoms with Crippen molar-refractivity contribution in [2.24, 2.45) is 0 Å². The van der Waals surface area contributed by atoms with Crippen molar-refractivity contribution in [3.63, 3.8) is 0 Å². The van der Waals surface area contributed by atoms with E-state index in [1.54, 1.807) is 18.2 Å². The van der Waals surface area contributed by atoms with Gasteiger partial charge in [-0.25, -0.2) is 4.98 Å². The molecule has 120 valence electrons. The molecular formula is C18H15N3O2S. The smallest absolute Gasteiger partial charge is 0.257 e. The zero-order valence-corrected chi connectivity index (χ0v) is 13.9. The third-order valence-corrected chi connectivity index (χ3v) is 5.01. The minimum absolute atomic E-state index is 0.0412. The third kappa shape index (κ3) is 2.65. The Bertz CT molecular complexity index is 978. The number of carbonyl (C=O) groups is 2. The summed E-state index contributed by atoms with van der Waals surface area (Å²) in [4.78, 5) is 28.3. The van der Waals surface area contributed by atoms with Crippen molar-refractivity contribution in [1.29, 1.82) is 0 Å². The zero-order valence-electron chi connectivity index (χ0n) is 13.1. The van der Waals surface area contributed by atoms with Gasteiger partial charge in [0.1, 0.15) is 0 Å². The molecule has 0 saturated carbocycles. The largest absolute Gasteiger partial charge is 0.326 e. The van der Waals surface area contributed by atoms with Crippen LogP contribution in [0.2, 0.25) is 0 Å². The molecule has 1 aliphatic heterocycles. The van der Waals surface area contributed by atoms with Crippen LogP contribution in [0.1, 0.15) is 28.4 Å². The topological polar surface area (TPSA) is 71.1 Å². The third-order valence-electron chi connectivity index (χ3n) is 4.07. The number of hydrogen-bond donors (Lipinski definition) is 2. The van der Waals surface area contributed by atoms with Gasteiger partial charge < -0.3 is 5.32 Å². The first-order valence-electron chi connectivity index (χ1n) is 7.76. The van der Waals surface area contributed by atoms with E-state index < -0.39 is 0 Å². The van der Waals surface area contributed by atoms with Crippen molar-refractivity contribution >= 4 is 44.2 Å². The molecule has 2 aromatic carbocycles. The molecule has 0 spiro atoms. The first-order valence-corrected chi connectivity index (χ1v) is 8.57. The summed E-state index contributed by atoms with van der Waals surface area (Å²) < 4.78 is 1.06. The van der Waals surface area contributed by atoms with Crippen molar-refractivity contribution in [2.75, 3.05) is 10.6 Å². The van der Waals surface area contributed by atoms with Gasteiger partial charge in [-0.3, -0.25) is 14.9 Å². The van der Waals surface area contributed by atoms with E-state index in [0.29, 0.717) is 17.1 Å². The molecule has 24 heavy (non-hydrogen) atoms. The van der Waals surface area contributed by atoms with Crippen molar-refractivity contribution < 1.29 is 9.59 Å². The number of carbonyl (C=O) groups excluding carboxylic acids is 2. The predicted molar refractivity (Wildman–Crippen MR) is 95.7 cm³/mol. The Hall–Kier alpha value is -2.73. The number of fused-ring (bicyclic) bond motifs is 2. The molecule has 0 bridgehead atoms. The molecule has 4 rings (SSSR count). The van der Waals surface area contributed by atoms with Crippen LogP contribution in [0.3, 0.4) is 0 Å². The normalized spacial score (nSPS) is 13.0. The number of aromatic nitrogens is 1. The molecule has 1 aromatic heterocycles. The number of aryl methyl sites for hydroxylation is 1. The molecule has 0 unspecified atom stereocenters. The molecule has 0 saturated heterocycles. The number of rotatable bonds is 3. The van der Waals surface area contributed by atoms with Gasteiger partial charge >= 0.3 is 0 Å². The van der Waals surface area contributed by atoms with Crippen LogP contribution in [0, 0.1) is 0 Å². The summed E-state index contributed by atoms with van der Waals surface area (Å²) in [7, 11) is 0. The fourth-order valence-electron chi connectivity index (χ4n) is 2.78. The van der Waals surface area contributed by atoms with Crippen molar-refractivity contribution in [3.8, 4) is 0 Å². The molecular weight excluding hydrogens is 322 g/mol. The summed E-state index contributed by atoms with van der Waals surface area (Å²) in [6.45, 7) is 2.11. The van der Waals surface area contributed by atoms with E-state index in [4.69, 9.17) is 0 Å². The van der Waals surface area contributed by atoms with Crippen LogP contribution in [-0.4, -0.2) is 16.8 Å². The fraction of sp³-hybridized carbons (Fsp3) is 0.167. The van der Waals surface area contributed by atoms with E-state index >= 15 is 0 Å². The van der Waals surface area contributed by atoms with Gasteiger partial charge in [0.2, 0.25) is 5.91 Å². The summed E-state index contributed by atoms with van der Waals surface area (Å²) in [5.41, 5.74) is 4.29. The highest BCUT2D eigenvalue weighted by atomic mass is 32.1. The van der Waals surface area contributed by atoms with Gasteiger partial charge in [0.15, 0.2) is 5.13 Å². The van der Waals surface area contributed by atoms with Gasteiger partial charge in [0.25, 0.3) is 5.91 Å². The van der Waals surface area contributed by atoms with Crippen LogP contribution in [0.25, 0.3) is 10.2 Å². The molecule has 0 fully saturated rings. The molecule has 3 aromatic rings. The summed E-state index contributed by atoms with van der Waals surface area (Å²) in [5, 5.41) is 6.19. The van der Waals surface area contributed by atoms with Crippen molar-refractivity contribution in [3.05, 3.63) is 53.1 Å². The van der Waals surface area contributed by atoms with Crippen LogP contribution in [0.15, 0.2) is 36.4 Å². The van der Waals surface area contributed by atoms with E-state index in [2.05, 4.69) is 34.7 Å². The summed E-state index contributed by atoms with van der Waals surface area (Å²) in [6.07, 6.45) is 1.29. The van der Waals surface area contributed by atoms with Crippen LogP contribution in [0.5, 0.6) is 0 Å². The number of nitrogens with one attached hydrogen (secondary N) is 2. The SMILES string of the molecule is CCc1ccc2nc(NC(=O)c3ccc4c(c3)CC(=O)N4)sc2c1. The fourth-order valence-corrected chi connectivity index (χ4v) is 3.71. The first-order chi connectivity index (χ1) is 11.6. The summed E-state index contributed by atoms with van der Waals surface area (Å²) in [6, 6.07) is 11.4. The number of nitrogens with zero attached hydrogens (tertiary/aromatic N) is 1. The number of benzene rings is 2. The van der Waals surface area contributed by atoms with Crippen LogP contribution in [-0.2, 0) is 17.6 Å². The average molecular weight is 337 g/mol. The molecule has 2 heterocycles. The molecule has 1 aliphatic rings. The lowest BCUT2D eigenvalue weighted by Gasteiger charge is -2.04. The van der Waals surface area contributed by atoms with Crippen LogP contribution < -0.4 is 10.6 Å². The second kappa shape index (κ2) is 5.72. The Balaban J connectivity index is 1.58. The van der Waals surface area contributed by atoms with Gasteiger partial charge in [-0.05, 0) is 47.9 Å². The molecule has 2 N–H and O–H groups in total. The standard InChI is InChI=1S/C18H15N3O2S/c1-2-10-3-5-14-15(7-10)24-18(20-14)21-17(23)11-4-6-13-12(8-11)9-16(22)19-13/h3-8H,2,9H2,1H3,(H,19,22)(H,20,21,23). The lowest BCUT2D eigenvalue weighted by molar-refractivity contribution is -0.115. The van der Waals surface area contributed by atoms with Crippen LogP contribution in [0.4, 0.5) is 10.8 Å². The van der Waals surface area contributed by atoms with Crippen LogP contribution >= 0.6 is 11.3 Å². The zero-order chi connectivity index (χ0) is 16.7. The minimum atomic E-state index is -0.216. The lowest BCUT2D eigenvalue weighted by Crippen LogP contribution is -2.11. The van der Waals surface area contributed by atoms with E-state index in [1.165, 1.54) is 16.9 Å². The second-order valence-corrected chi connectivity index (χ2v) is 6.76. The monoisotopic (exact) mass is 337 g/mol. The van der Waals surface area contributed by atoms with Gasteiger partial charge in [0.05, 0.1) is 16.6 Å². The van der Waals surface area contributed by atoms with Gasteiger partial charge in [-0.1, -0.05) is 24.3 Å². The summed E-state index contributed by atoms with van der Waals surface area (Å²) in [5.74, 6) is -0.257. The van der Waals surface area contributed by atoms with Crippen molar-refractivity contribution in [2.45, 2.75) is 19.8 Å². The molecule has 5 nitrogen and oxygen atoms in total. The Kier molecular flexibility index (Phi) is 3.54. The van der Waals surface area contributed by atoms with E-state index in [9.17, 15) is 9.59 Å².